The van der Waals surface area contributed by atoms with Crippen molar-refractivity contribution in [2.75, 3.05) is 7.05 Å². The van der Waals surface area contributed by atoms with Crippen molar-refractivity contribution in [3.05, 3.63) is 76.4 Å². The summed E-state index contributed by atoms with van der Waals surface area (Å²) in [4.78, 5) is 35.6. The number of nitrogens with one attached hydrogen (secondary N) is 2. The number of imide groups is 1. The standard InChI is InChI=1S/C14H16N2O2.C11H13NO/c1-9(2)11-5-3-4-10(8-11)6-7-12-13(17)16-14(18)15-12;1-3-8-4-5-9-7-12(2)11(13)10(9)6-8/h3-9,12H,1-2H3,(H2,15,16,17,18);4-6H,3,7H2,1-2H3/b7-6+;. The van der Waals surface area contributed by atoms with E-state index in [2.05, 4.69) is 55.7 Å². The SMILES string of the molecule is CC(C)c1cccc(/C=C/C2NC(=O)NC2=O)c1.CCc1ccc2c(c1)C(=O)N(C)C2. The molecule has 2 aliphatic rings. The fraction of sp³-hybridized carbons (Fsp3) is 0.320. The Morgan fingerprint density at radius 1 is 1.13 bits per heavy atom. The van der Waals surface area contributed by atoms with Gasteiger partial charge in [-0.15, -0.1) is 0 Å². The lowest BCUT2D eigenvalue weighted by Crippen LogP contribution is -2.26. The van der Waals surface area contributed by atoms with Gasteiger partial charge in [-0.1, -0.05) is 69.3 Å². The van der Waals surface area contributed by atoms with Gasteiger partial charge in [-0.3, -0.25) is 14.9 Å². The van der Waals surface area contributed by atoms with Gasteiger partial charge in [-0.05, 0) is 40.7 Å². The molecule has 6 nitrogen and oxygen atoms in total. The Morgan fingerprint density at radius 2 is 1.90 bits per heavy atom. The quantitative estimate of drug-likeness (QED) is 0.739. The van der Waals surface area contributed by atoms with Gasteiger partial charge >= 0.3 is 6.03 Å². The Hall–Kier alpha value is -3.41. The van der Waals surface area contributed by atoms with Crippen molar-refractivity contribution in [1.82, 2.24) is 15.5 Å². The highest BCUT2D eigenvalue weighted by atomic mass is 16.2. The van der Waals surface area contributed by atoms with Gasteiger partial charge in [0.1, 0.15) is 6.04 Å². The van der Waals surface area contributed by atoms with Crippen LogP contribution in [-0.4, -0.2) is 35.8 Å². The minimum Gasteiger partial charge on any atom is -0.337 e. The molecule has 4 rings (SSSR count). The highest BCUT2D eigenvalue weighted by Gasteiger charge is 2.26. The van der Waals surface area contributed by atoms with Gasteiger partial charge in [-0.2, -0.15) is 0 Å². The van der Waals surface area contributed by atoms with E-state index >= 15 is 0 Å². The zero-order chi connectivity index (χ0) is 22.5. The van der Waals surface area contributed by atoms with Gasteiger partial charge < -0.3 is 10.2 Å². The number of rotatable bonds is 4. The molecular formula is C25H29N3O3. The number of amides is 4. The Labute approximate surface area is 183 Å². The highest BCUT2D eigenvalue weighted by Crippen LogP contribution is 2.22. The Balaban J connectivity index is 0.000000185. The first kappa shape index (κ1) is 22.3. The van der Waals surface area contributed by atoms with Gasteiger partial charge in [0, 0.05) is 19.2 Å². The summed E-state index contributed by atoms with van der Waals surface area (Å²) < 4.78 is 0. The van der Waals surface area contributed by atoms with Crippen molar-refractivity contribution < 1.29 is 14.4 Å². The molecule has 0 saturated carbocycles. The maximum absolute atomic E-state index is 11.6. The van der Waals surface area contributed by atoms with Crippen LogP contribution in [0.1, 0.15) is 59.3 Å². The van der Waals surface area contributed by atoms with Gasteiger partial charge in [0.05, 0.1) is 0 Å². The van der Waals surface area contributed by atoms with Crippen LogP contribution in [0.2, 0.25) is 0 Å². The van der Waals surface area contributed by atoms with E-state index in [-0.39, 0.29) is 11.8 Å². The topological polar surface area (TPSA) is 78.5 Å². The largest absolute Gasteiger partial charge is 0.337 e. The van der Waals surface area contributed by atoms with Crippen molar-refractivity contribution >= 4 is 23.9 Å². The molecule has 31 heavy (non-hydrogen) atoms. The van der Waals surface area contributed by atoms with E-state index in [1.807, 2.05) is 31.3 Å². The third-order valence-electron chi connectivity index (χ3n) is 5.43. The molecule has 1 unspecified atom stereocenters. The van der Waals surface area contributed by atoms with Gasteiger partial charge in [-0.25, -0.2) is 4.79 Å². The molecule has 162 valence electrons. The summed E-state index contributed by atoms with van der Waals surface area (Å²) in [6, 6.07) is 13.3. The molecule has 4 amide bonds. The first-order chi connectivity index (χ1) is 14.8. The molecule has 0 aliphatic carbocycles. The number of benzene rings is 2. The van der Waals surface area contributed by atoms with Gasteiger partial charge in [0.25, 0.3) is 11.8 Å². The summed E-state index contributed by atoms with van der Waals surface area (Å²) in [5, 5.41) is 4.72. The minimum absolute atomic E-state index is 0.158. The van der Waals surface area contributed by atoms with Crippen LogP contribution in [0.5, 0.6) is 0 Å². The zero-order valence-corrected chi connectivity index (χ0v) is 18.4. The van der Waals surface area contributed by atoms with E-state index in [0.717, 1.165) is 29.7 Å². The number of carbonyl (C=O) groups is 3. The molecule has 2 aliphatic heterocycles. The third-order valence-corrected chi connectivity index (χ3v) is 5.43. The van der Waals surface area contributed by atoms with Crippen LogP contribution in [0.15, 0.2) is 48.5 Å². The third kappa shape index (κ3) is 5.40. The molecule has 2 heterocycles. The number of nitrogens with zero attached hydrogens (tertiary/aromatic N) is 1. The van der Waals surface area contributed by atoms with E-state index in [9.17, 15) is 14.4 Å². The minimum atomic E-state index is -0.569. The van der Waals surface area contributed by atoms with Crippen molar-refractivity contribution in [2.24, 2.45) is 0 Å². The highest BCUT2D eigenvalue weighted by molar-refractivity contribution is 6.05. The first-order valence-electron chi connectivity index (χ1n) is 10.5. The molecule has 2 N–H and O–H groups in total. The van der Waals surface area contributed by atoms with Crippen molar-refractivity contribution in [1.29, 1.82) is 0 Å². The molecule has 0 radical (unpaired) electrons. The first-order valence-corrected chi connectivity index (χ1v) is 10.5. The van der Waals surface area contributed by atoms with Crippen LogP contribution in [-0.2, 0) is 17.8 Å². The molecule has 0 spiro atoms. The smallest absolute Gasteiger partial charge is 0.322 e. The predicted octanol–water partition coefficient (Wildman–Crippen LogP) is 3.87. The number of urea groups is 1. The van der Waals surface area contributed by atoms with Crippen LogP contribution < -0.4 is 10.6 Å². The number of hydrogen-bond acceptors (Lipinski definition) is 3. The Kier molecular flexibility index (Phi) is 6.90. The predicted molar refractivity (Wildman–Crippen MR) is 122 cm³/mol. The molecular weight excluding hydrogens is 390 g/mol. The summed E-state index contributed by atoms with van der Waals surface area (Å²) in [5.41, 5.74) is 5.56. The van der Waals surface area contributed by atoms with Crippen LogP contribution in [0.4, 0.5) is 4.79 Å². The molecule has 0 aromatic heterocycles. The van der Waals surface area contributed by atoms with Gasteiger partial charge in [0.15, 0.2) is 0 Å². The van der Waals surface area contributed by atoms with E-state index in [0.29, 0.717) is 5.92 Å². The van der Waals surface area contributed by atoms with Crippen molar-refractivity contribution in [3.63, 3.8) is 0 Å². The lowest BCUT2D eigenvalue weighted by molar-refractivity contribution is -0.119. The molecule has 2 aromatic rings. The molecule has 1 fully saturated rings. The van der Waals surface area contributed by atoms with E-state index in [1.54, 1.807) is 11.0 Å². The average molecular weight is 420 g/mol. The zero-order valence-electron chi connectivity index (χ0n) is 18.4. The van der Waals surface area contributed by atoms with Crippen LogP contribution in [0, 0.1) is 0 Å². The fourth-order valence-electron chi connectivity index (χ4n) is 3.51. The normalized spacial score (nSPS) is 17.5. The fourth-order valence-corrected chi connectivity index (χ4v) is 3.51. The molecule has 1 atom stereocenters. The second-order valence-corrected chi connectivity index (χ2v) is 8.13. The van der Waals surface area contributed by atoms with Gasteiger partial charge in [0.2, 0.25) is 0 Å². The molecule has 1 saturated heterocycles. The van der Waals surface area contributed by atoms with E-state index < -0.39 is 12.1 Å². The Morgan fingerprint density at radius 3 is 2.55 bits per heavy atom. The van der Waals surface area contributed by atoms with E-state index in [4.69, 9.17) is 0 Å². The summed E-state index contributed by atoms with van der Waals surface area (Å²) in [6.07, 6.45) is 4.53. The maximum atomic E-state index is 11.6. The summed E-state index contributed by atoms with van der Waals surface area (Å²) in [7, 11) is 1.84. The van der Waals surface area contributed by atoms with Crippen LogP contribution in [0.3, 0.4) is 0 Å². The second-order valence-electron chi connectivity index (χ2n) is 8.13. The second kappa shape index (κ2) is 9.60. The van der Waals surface area contributed by atoms with E-state index in [1.165, 1.54) is 11.1 Å². The molecule has 0 bridgehead atoms. The number of carbonyl (C=O) groups excluding carboxylic acids is 3. The van der Waals surface area contributed by atoms with Crippen LogP contribution in [0.25, 0.3) is 6.08 Å². The lowest BCUT2D eigenvalue weighted by atomic mass is 10.0. The summed E-state index contributed by atoms with van der Waals surface area (Å²) in [5.74, 6) is 0.314. The molecule has 6 heteroatoms. The number of aryl methyl sites for hydroxylation is 1. The summed E-state index contributed by atoms with van der Waals surface area (Å²) in [6.45, 7) is 7.13. The maximum Gasteiger partial charge on any atom is 0.322 e. The number of hydrogen-bond donors (Lipinski definition) is 2. The molecule has 2 aromatic carbocycles. The summed E-state index contributed by atoms with van der Waals surface area (Å²) >= 11 is 0. The monoisotopic (exact) mass is 419 g/mol. The van der Waals surface area contributed by atoms with Crippen molar-refractivity contribution in [2.45, 2.75) is 45.7 Å². The van der Waals surface area contributed by atoms with Crippen LogP contribution >= 0.6 is 0 Å². The average Bonchev–Trinajstić information content (AvgIpc) is 3.23. The van der Waals surface area contributed by atoms with Crippen molar-refractivity contribution in [3.8, 4) is 0 Å². The lowest BCUT2D eigenvalue weighted by Gasteiger charge is -2.06. The Bertz CT molecular complexity index is 1030. The number of fused-ring (bicyclic) bond motifs is 1.